The molecule has 180 valence electrons. The van der Waals surface area contributed by atoms with E-state index < -0.39 is 15.7 Å². The van der Waals surface area contributed by atoms with Crippen molar-refractivity contribution < 1.29 is 17.5 Å². The molecule has 1 saturated heterocycles. The van der Waals surface area contributed by atoms with E-state index in [2.05, 4.69) is 9.88 Å². The number of aryl methyl sites for hydroxylation is 1. The maximum absolute atomic E-state index is 14.3. The molecule has 0 aliphatic carbocycles. The van der Waals surface area contributed by atoms with Crippen molar-refractivity contribution in [2.75, 3.05) is 43.1 Å². The Kier molecular flexibility index (Phi) is 6.06. The molecule has 0 spiro atoms. The van der Waals surface area contributed by atoms with E-state index in [9.17, 15) is 12.8 Å². The van der Waals surface area contributed by atoms with E-state index in [-0.39, 0.29) is 9.79 Å². The fourth-order valence-corrected chi connectivity index (χ4v) is 6.00. The maximum atomic E-state index is 14.3. The predicted octanol–water partition coefficient (Wildman–Crippen LogP) is 4.85. The third kappa shape index (κ3) is 4.30. The van der Waals surface area contributed by atoms with Crippen molar-refractivity contribution in [1.82, 2.24) is 4.98 Å². The summed E-state index contributed by atoms with van der Waals surface area (Å²) < 4.78 is 47.3. The molecule has 3 aromatic carbocycles. The van der Waals surface area contributed by atoms with Crippen molar-refractivity contribution in [3.05, 3.63) is 84.3 Å². The lowest BCUT2D eigenvalue weighted by atomic mass is 10.1. The van der Waals surface area contributed by atoms with Gasteiger partial charge in [0, 0.05) is 37.8 Å². The number of hydrogen-bond acceptors (Lipinski definition) is 6. The molecule has 0 unspecified atom stereocenters. The van der Waals surface area contributed by atoms with E-state index in [0.29, 0.717) is 42.8 Å². The SMILES string of the molecule is COc1ccccc1N1CCN(c2c(S(=O)(=O)c3ccc(C)cc3)cnc3ccc(F)cc23)CC1. The van der Waals surface area contributed by atoms with Gasteiger partial charge in [-0.3, -0.25) is 4.98 Å². The molecule has 1 aliphatic rings. The van der Waals surface area contributed by atoms with Crippen LogP contribution < -0.4 is 14.5 Å². The van der Waals surface area contributed by atoms with E-state index >= 15 is 0 Å². The fourth-order valence-electron chi connectivity index (χ4n) is 4.56. The van der Waals surface area contributed by atoms with Crippen LogP contribution in [0.5, 0.6) is 5.75 Å². The average molecular weight is 492 g/mol. The number of para-hydroxylation sites is 2. The lowest BCUT2D eigenvalue weighted by Gasteiger charge is -2.38. The Morgan fingerprint density at radius 3 is 2.31 bits per heavy atom. The molecule has 0 bridgehead atoms. The Morgan fingerprint density at radius 1 is 0.914 bits per heavy atom. The molecule has 0 N–H and O–H groups in total. The molecule has 0 saturated carbocycles. The summed E-state index contributed by atoms with van der Waals surface area (Å²) in [7, 11) is -2.23. The molecule has 2 heterocycles. The Morgan fingerprint density at radius 2 is 1.60 bits per heavy atom. The number of aromatic nitrogens is 1. The summed E-state index contributed by atoms with van der Waals surface area (Å²) in [5, 5.41) is 0.490. The minimum atomic E-state index is -3.88. The van der Waals surface area contributed by atoms with Crippen LogP contribution in [0.4, 0.5) is 15.8 Å². The fraction of sp³-hybridized carbons (Fsp3) is 0.222. The molecule has 0 amide bonds. The first-order chi connectivity index (χ1) is 16.9. The Labute approximate surface area is 204 Å². The van der Waals surface area contributed by atoms with Crippen molar-refractivity contribution in [3.8, 4) is 5.75 Å². The Balaban J connectivity index is 1.57. The van der Waals surface area contributed by atoms with Crippen molar-refractivity contribution in [1.29, 1.82) is 0 Å². The van der Waals surface area contributed by atoms with Gasteiger partial charge in [-0.25, -0.2) is 12.8 Å². The molecule has 0 radical (unpaired) electrons. The molecule has 4 aromatic rings. The number of anilines is 2. The zero-order chi connectivity index (χ0) is 24.6. The monoisotopic (exact) mass is 491 g/mol. The number of rotatable bonds is 5. The number of sulfone groups is 1. The van der Waals surface area contributed by atoms with Gasteiger partial charge < -0.3 is 14.5 Å². The Hall–Kier alpha value is -3.65. The molecule has 8 heteroatoms. The van der Waals surface area contributed by atoms with Gasteiger partial charge >= 0.3 is 0 Å². The van der Waals surface area contributed by atoms with Crippen LogP contribution >= 0.6 is 0 Å². The molecule has 1 aliphatic heterocycles. The maximum Gasteiger partial charge on any atom is 0.210 e. The second-order valence-corrected chi connectivity index (χ2v) is 10.5. The predicted molar refractivity (Wildman–Crippen MR) is 136 cm³/mol. The van der Waals surface area contributed by atoms with Gasteiger partial charge in [-0.1, -0.05) is 29.8 Å². The summed E-state index contributed by atoms with van der Waals surface area (Å²) in [6, 6.07) is 18.9. The first kappa shape index (κ1) is 23.1. The van der Waals surface area contributed by atoms with Crippen LogP contribution in [0, 0.1) is 12.7 Å². The number of ether oxygens (including phenoxy) is 1. The Bertz CT molecular complexity index is 1480. The van der Waals surface area contributed by atoms with Crippen molar-refractivity contribution >= 4 is 32.1 Å². The smallest absolute Gasteiger partial charge is 0.210 e. The number of piperazine rings is 1. The third-order valence-corrected chi connectivity index (χ3v) is 8.18. The summed E-state index contributed by atoms with van der Waals surface area (Å²) in [4.78, 5) is 8.89. The highest BCUT2D eigenvalue weighted by Gasteiger charge is 2.29. The van der Waals surface area contributed by atoms with Crippen LogP contribution in [-0.2, 0) is 9.84 Å². The van der Waals surface area contributed by atoms with E-state index in [4.69, 9.17) is 4.74 Å². The summed E-state index contributed by atoms with van der Waals surface area (Å²) in [5.74, 6) is 0.359. The van der Waals surface area contributed by atoms with Gasteiger partial charge in [0.05, 0.1) is 28.9 Å². The van der Waals surface area contributed by atoms with Gasteiger partial charge in [0.15, 0.2) is 0 Å². The molecule has 1 aromatic heterocycles. The standard InChI is InChI=1S/C27H26FN3O3S/c1-19-7-10-21(11-8-19)35(32,33)26-18-29-23-12-9-20(28)17-22(23)27(26)31-15-13-30(14-16-31)24-5-3-4-6-25(24)34-2/h3-12,17-18H,13-16H2,1-2H3. The third-order valence-electron chi connectivity index (χ3n) is 6.41. The second kappa shape index (κ2) is 9.19. The molecular weight excluding hydrogens is 465 g/mol. The molecule has 0 atom stereocenters. The lowest BCUT2D eigenvalue weighted by Crippen LogP contribution is -2.47. The van der Waals surface area contributed by atoms with Crippen LogP contribution in [0.25, 0.3) is 10.9 Å². The van der Waals surface area contributed by atoms with Crippen molar-refractivity contribution in [2.45, 2.75) is 16.7 Å². The number of hydrogen-bond donors (Lipinski definition) is 0. The number of benzene rings is 3. The summed E-state index contributed by atoms with van der Waals surface area (Å²) in [5.41, 5.74) is 3.01. The van der Waals surface area contributed by atoms with Crippen LogP contribution in [0.1, 0.15) is 5.56 Å². The molecule has 6 nitrogen and oxygen atoms in total. The van der Waals surface area contributed by atoms with E-state index in [1.54, 1.807) is 37.4 Å². The molecular formula is C27H26FN3O3S. The number of fused-ring (bicyclic) bond motifs is 1. The van der Waals surface area contributed by atoms with Crippen LogP contribution in [0.15, 0.2) is 82.7 Å². The van der Waals surface area contributed by atoms with Crippen LogP contribution in [-0.4, -0.2) is 46.7 Å². The van der Waals surface area contributed by atoms with Crippen LogP contribution in [0.3, 0.4) is 0 Å². The van der Waals surface area contributed by atoms with Gasteiger partial charge in [-0.2, -0.15) is 0 Å². The second-order valence-electron chi connectivity index (χ2n) is 8.59. The van der Waals surface area contributed by atoms with Gasteiger partial charge in [0.2, 0.25) is 9.84 Å². The first-order valence-electron chi connectivity index (χ1n) is 11.4. The molecule has 1 fully saturated rings. The van der Waals surface area contributed by atoms with Crippen molar-refractivity contribution in [3.63, 3.8) is 0 Å². The zero-order valence-electron chi connectivity index (χ0n) is 19.6. The zero-order valence-corrected chi connectivity index (χ0v) is 20.4. The minimum Gasteiger partial charge on any atom is -0.495 e. The highest BCUT2D eigenvalue weighted by molar-refractivity contribution is 7.91. The van der Waals surface area contributed by atoms with Gasteiger partial charge in [0.1, 0.15) is 16.5 Å². The van der Waals surface area contributed by atoms with Gasteiger partial charge in [0.25, 0.3) is 0 Å². The topological polar surface area (TPSA) is 62.7 Å². The number of halogens is 1. The van der Waals surface area contributed by atoms with Gasteiger partial charge in [-0.15, -0.1) is 0 Å². The number of nitrogens with zero attached hydrogens (tertiary/aromatic N) is 3. The highest BCUT2D eigenvalue weighted by atomic mass is 32.2. The molecule has 35 heavy (non-hydrogen) atoms. The highest BCUT2D eigenvalue weighted by Crippen LogP contribution is 2.37. The summed E-state index contributed by atoms with van der Waals surface area (Å²) in [6.07, 6.45) is 1.40. The summed E-state index contributed by atoms with van der Waals surface area (Å²) >= 11 is 0. The minimum absolute atomic E-state index is 0.0881. The number of methoxy groups -OCH3 is 1. The molecule has 5 rings (SSSR count). The van der Waals surface area contributed by atoms with Gasteiger partial charge in [-0.05, 0) is 49.4 Å². The first-order valence-corrected chi connectivity index (χ1v) is 12.9. The van der Waals surface area contributed by atoms with E-state index in [1.807, 2.05) is 36.1 Å². The largest absolute Gasteiger partial charge is 0.495 e. The van der Waals surface area contributed by atoms with E-state index in [0.717, 1.165) is 17.0 Å². The van der Waals surface area contributed by atoms with Crippen LogP contribution in [0.2, 0.25) is 0 Å². The van der Waals surface area contributed by atoms with E-state index in [1.165, 1.54) is 18.3 Å². The quantitative estimate of drug-likeness (QED) is 0.398. The lowest BCUT2D eigenvalue weighted by molar-refractivity contribution is 0.413. The van der Waals surface area contributed by atoms with Crippen molar-refractivity contribution in [2.24, 2.45) is 0 Å². The normalized spacial score (nSPS) is 14.4. The summed E-state index contributed by atoms with van der Waals surface area (Å²) in [6.45, 7) is 4.34. The average Bonchev–Trinajstić information content (AvgIpc) is 2.88. The number of pyridine rings is 1.